The Bertz CT molecular complexity index is 203. The zero-order chi connectivity index (χ0) is 11.0. The van der Waals surface area contributed by atoms with Gasteiger partial charge in [-0.25, -0.2) is 0 Å². The van der Waals surface area contributed by atoms with Gasteiger partial charge >= 0.3 is 0 Å². The monoisotopic (exact) mass is 195 g/mol. The molecule has 0 fully saturated rings. The molecule has 80 valence electrons. The Labute approximate surface area is 87.3 Å². The van der Waals surface area contributed by atoms with Crippen molar-refractivity contribution in [1.29, 1.82) is 0 Å². The van der Waals surface area contributed by atoms with Gasteiger partial charge in [-0.1, -0.05) is 13.8 Å². The summed E-state index contributed by atoms with van der Waals surface area (Å²) in [6, 6.07) is 0. The molecule has 0 aromatic carbocycles. The third-order valence-corrected chi connectivity index (χ3v) is 2.20. The van der Waals surface area contributed by atoms with E-state index in [-0.39, 0.29) is 5.78 Å². The summed E-state index contributed by atoms with van der Waals surface area (Å²) in [6.45, 7) is 4.89. The Morgan fingerprint density at radius 1 is 1.50 bits per heavy atom. The quantitative estimate of drug-likeness (QED) is 0.631. The van der Waals surface area contributed by atoms with Crippen LogP contribution in [0.15, 0.2) is 0 Å². The Hall–Kier alpha value is -0.810. The van der Waals surface area contributed by atoms with Gasteiger partial charge in [0.15, 0.2) is 0 Å². The van der Waals surface area contributed by atoms with Gasteiger partial charge in [0.25, 0.3) is 0 Å². The van der Waals surface area contributed by atoms with E-state index in [0.29, 0.717) is 37.6 Å². The largest absolute Gasteiger partial charge is 0.330 e. The Balaban J connectivity index is 3.81. The summed E-state index contributed by atoms with van der Waals surface area (Å²) in [7, 11) is 0. The third kappa shape index (κ3) is 6.68. The van der Waals surface area contributed by atoms with Gasteiger partial charge in [0.2, 0.25) is 0 Å². The van der Waals surface area contributed by atoms with E-state index in [1.807, 2.05) is 0 Å². The van der Waals surface area contributed by atoms with E-state index in [0.717, 1.165) is 6.42 Å². The van der Waals surface area contributed by atoms with Crippen LogP contribution in [-0.4, -0.2) is 12.3 Å². The van der Waals surface area contributed by atoms with Crippen molar-refractivity contribution in [2.75, 3.05) is 6.54 Å². The fourth-order valence-corrected chi connectivity index (χ4v) is 1.57. The maximum Gasteiger partial charge on any atom is 0.134 e. The highest BCUT2D eigenvalue weighted by Gasteiger charge is 2.13. The molecule has 0 aromatic rings. The minimum Gasteiger partial charge on any atom is -0.330 e. The SMILES string of the molecule is C#CCCC(=O)CC(CN)CC(C)C. The van der Waals surface area contributed by atoms with Crippen molar-refractivity contribution in [2.24, 2.45) is 17.6 Å². The van der Waals surface area contributed by atoms with Gasteiger partial charge in [0.1, 0.15) is 5.78 Å². The molecule has 0 saturated carbocycles. The topological polar surface area (TPSA) is 43.1 Å². The summed E-state index contributed by atoms with van der Waals surface area (Å²) >= 11 is 0. The van der Waals surface area contributed by atoms with Crippen molar-refractivity contribution in [1.82, 2.24) is 0 Å². The molecule has 0 radical (unpaired) electrons. The number of hydrogen-bond acceptors (Lipinski definition) is 2. The highest BCUT2D eigenvalue weighted by atomic mass is 16.1. The number of carbonyl (C=O) groups excluding carboxylic acids is 1. The molecule has 0 aliphatic carbocycles. The standard InChI is InChI=1S/C12H21NO/c1-4-5-6-12(14)8-11(9-13)7-10(2)3/h1,10-11H,5-9,13H2,2-3H3. The normalized spacial score (nSPS) is 12.5. The molecular formula is C12H21NO. The maximum absolute atomic E-state index is 11.4. The van der Waals surface area contributed by atoms with E-state index in [1.54, 1.807) is 0 Å². The van der Waals surface area contributed by atoms with E-state index in [1.165, 1.54) is 0 Å². The van der Waals surface area contributed by atoms with Gasteiger partial charge in [0.05, 0.1) is 0 Å². The summed E-state index contributed by atoms with van der Waals surface area (Å²) < 4.78 is 0. The molecule has 1 unspecified atom stereocenters. The molecule has 0 aliphatic rings. The first-order valence-electron chi connectivity index (χ1n) is 5.25. The molecule has 0 aliphatic heterocycles. The van der Waals surface area contributed by atoms with Crippen molar-refractivity contribution >= 4 is 5.78 Å². The van der Waals surface area contributed by atoms with Gasteiger partial charge in [-0.15, -0.1) is 12.3 Å². The van der Waals surface area contributed by atoms with Crippen molar-refractivity contribution in [3.05, 3.63) is 0 Å². The molecule has 2 heteroatoms. The minimum atomic E-state index is 0.249. The van der Waals surface area contributed by atoms with Crippen molar-refractivity contribution < 1.29 is 4.79 Å². The molecule has 0 aromatic heterocycles. The molecule has 2 nitrogen and oxygen atoms in total. The molecule has 2 N–H and O–H groups in total. The van der Waals surface area contributed by atoms with Crippen molar-refractivity contribution in [3.63, 3.8) is 0 Å². The number of carbonyl (C=O) groups is 1. The molecule has 0 bridgehead atoms. The van der Waals surface area contributed by atoms with Crippen LogP contribution in [0.2, 0.25) is 0 Å². The van der Waals surface area contributed by atoms with E-state index < -0.39 is 0 Å². The zero-order valence-electron chi connectivity index (χ0n) is 9.25. The highest BCUT2D eigenvalue weighted by molar-refractivity contribution is 5.78. The van der Waals surface area contributed by atoms with Crippen LogP contribution in [-0.2, 0) is 4.79 Å². The fraction of sp³-hybridized carbons (Fsp3) is 0.750. The second kappa shape index (κ2) is 7.58. The summed E-state index contributed by atoms with van der Waals surface area (Å²) in [5.74, 6) is 3.66. The predicted molar refractivity (Wildman–Crippen MR) is 59.7 cm³/mol. The third-order valence-electron chi connectivity index (χ3n) is 2.20. The lowest BCUT2D eigenvalue weighted by Gasteiger charge is -2.15. The Kier molecular flexibility index (Phi) is 7.14. The lowest BCUT2D eigenvalue weighted by molar-refractivity contribution is -0.119. The van der Waals surface area contributed by atoms with Gasteiger partial charge in [0, 0.05) is 19.3 Å². The first kappa shape index (κ1) is 13.2. The molecule has 14 heavy (non-hydrogen) atoms. The Morgan fingerprint density at radius 3 is 2.57 bits per heavy atom. The van der Waals surface area contributed by atoms with E-state index in [2.05, 4.69) is 19.8 Å². The predicted octanol–water partition coefficient (Wildman–Crippen LogP) is 1.98. The second-order valence-corrected chi connectivity index (χ2v) is 4.18. The number of Topliss-reactive ketones (excluding diaryl/α,β-unsaturated/α-hetero) is 1. The minimum absolute atomic E-state index is 0.249. The lowest BCUT2D eigenvalue weighted by atomic mass is 9.91. The number of nitrogens with two attached hydrogens (primary N) is 1. The maximum atomic E-state index is 11.4. The van der Waals surface area contributed by atoms with Gasteiger partial charge in [-0.3, -0.25) is 4.79 Å². The van der Waals surface area contributed by atoms with Gasteiger partial charge in [-0.05, 0) is 24.8 Å². The average Bonchev–Trinajstić information content (AvgIpc) is 2.12. The van der Waals surface area contributed by atoms with Crippen LogP contribution in [0.5, 0.6) is 0 Å². The van der Waals surface area contributed by atoms with Crippen LogP contribution in [0.3, 0.4) is 0 Å². The zero-order valence-corrected chi connectivity index (χ0v) is 9.25. The summed E-state index contributed by atoms with van der Waals surface area (Å²) in [4.78, 5) is 11.4. The van der Waals surface area contributed by atoms with Crippen LogP contribution in [0.1, 0.15) is 39.5 Å². The van der Waals surface area contributed by atoms with Crippen molar-refractivity contribution in [3.8, 4) is 12.3 Å². The van der Waals surface area contributed by atoms with Crippen molar-refractivity contribution in [2.45, 2.75) is 39.5 Å². The van der Waals surface area contributed by atoms with E-state index in [4.69, 9.17) is 12.2 Å². The van der Waals surface area contributed by atoms with Crippen LogP contribution in [0, 0.1) is 24.2 Å². The molecular weight excluding hydrogens is 174 g/mol. The summed E-state index contributed by atoms with van der Waals surface area (Å²) in [5, 5.41) is 0. The molecule has 1 atom stereocenters. The summed E-state index contributed by atoms with van der Waals surface area (Å²) in [6.07, 6.45) is 7.77. The van der Waals surface area contributed by atoms with Crippen LogP contribution >= 0.6 is 0 Å². The van der Waals surface area contributed by atoms with Gasteiger partial charge in [-0.2, -0.15) is 0 Å². The first-order chi connectivity index (χ1) is 6.60. The first-order valence-corrected chi connectivity index (χ1v) is 5.25. The molecule has 0 heterocycles. The molecule has 0 saturated heterocycles. The highest BCUT2D eigenvalue weighted by Crippen LogP contribution is 2.15. The van der Waals surface area contributed by atoms with Gasteiger partial charge < -0.3 is 5.73 Å². The number of terminal acetylenes is 1. The number of hydrogen-bond donors (Lipinski definition) is 1. The van der Waals surface area contributed by atoms with Crippen LogP contribution in [0.25, 0.3) is 0 Å². The molecule has 0 amide bonds. The average molecular weight is 195 g/mol. The number of ketones is 1. The second-order valence-electron chi connectivity index (χ2n) is 4.18. The smallest absolute Gasteiger partial charge is 0.134 e. The molecule has 0 rings (SSSR count). The van der Waals surface area contributed by atoms with E-state index >= 15 is 0 Å². The number of rotatable bonds is 7. The fourth-order valence-electron chi connectivity index (χ4n) is 1.57. The summed E-state index contributed by atoms with van der Waals surface area (Å²) in [5.41, 5.74) is 5.61. The van der Waals surface area contributed by atoms with Crippen LogP contribution < -0.4 is 5.73 Å². The Morgan fingerprint density at radius 2 is 2.14 bits per heavy atom. The lowest BCUT2D eigenvalue weighted by Crippen LogP contribution is -2.19. The molecule has 0 spiro atoms. The van der Waals surface area contributed by atoms with E-state index in [9.17, 15) is 4.79 Å². The van der Waals surface area contributed by atoms with Crippen LogP contribution in [0.4, 0.5) is 0 Å².